The molecule has 0 aliphatic heterocycles. The number of benzene rings is 3. The molecule has 0 saturated heterocycles. The van der Waals surface area contributed by atoms with Crippen LogP contribution in [0.5, 0.6) is 0 Å². The molecule has 0 fully saturated rings. The van der Waals surface area contributed by atoms with Crippen molar-refractivity contribution in [2.75, 3.05) is 10.8 Å². The summed E-state index contributed by atoms with van der Waals surface area (Å²) >= 11 is 0. The quantitative estimate of drug-likeness (QED) is 0.452. The Kier molecular flexibility index (Phi) is 7.84. The normalized spacial score (nSPS) is 12.0. The number of sulfonamides is 1. The lowest BCUT2D eigenvalue weighted by Crippen LogP contribution is -2.33. The predicted octanol–water partition coefficient (Wildman–Crippen LogP) is 4.82. The zero-order valence-electron chi connectivity index (χ0n) is 18.1. The molecule has 166 valence electrons. The monoisotopic (exact) mass is 448 g/mol. The van der Waals surface area contributed by atoms with Crippen molar-refractivity contribution in [3.05, 3.63) is 109 Å². The molecule has 0 aromatic heterocycles. The number of nitrogens with one attached hydrogen (secondary N) is 1. The zero-order valence-corrected chi connectivity index (χ0v) is 19.0. The highest BCUT2D eigenvalue weighted by Crippen LogP contribution is 2.24. The van der Waals surface area contributed by atoms with E-state index in [0.717, 1.165) is 12.8 Å². The van der Waals surface area contributed by atoms with Gasteiger partial charge in [-0.25, -0.2) is 8.42 Å². The Labute approximate surface area is 190 Å². The van der Waals surface area contributed by atoms with Gasteiger partial charge in [-0.2, -0.15) is 0 Å². The van der Waals surface area contributed by atoms with Crippen LogP contribution in [-0.2, 0) is 16.4 Å². The van der Waals surface area contributed by atoms with Crippen molar-refractivity contribution < 1.29 is 13.2 Å². The summed E-state index contributed by atoms with van der Waals surface area (Å²) in [6.45, 7) is 5.78. The molecule has 3 aromatic carbocycles. The van der Waals surface area contributed by atoms with Crippen LogP contribution >= 0.6 is 0 Å². The van der Waals surface area contributed by atoms with E-state index in [1.807, 2.05) is 25.1 Å². The average Bonchev–Trinajstić information content (AvgIpc) is 2.82. The minimum atomic E-state index is -3.74. The van der Waals surface area contributed by atoms with E-state index in [0.29, 0.717) is 11.3 Å². The molecule has 3 rings (SSSR count). The molecule has 0 bridgehead atoms. The molecule has 1 amide bonds. The van der Waals surface area contributed by atoms with Gasteiger partial charge in [0.15, 0.2) is 0 Å². The van der Waals surface area contributed by atoms with Crippen LogP contribution in [0.2, 0.25) is 0 Å². The zero-order chi connectivity index (χ0) is 23.0. The average molecular weight is 449 g/mol. The number of carbonyl (C=O) groups is 1. The van der Waals surface area contributed by atoms with E-state index in [-0.39, 0.29) is 23.4 Å². The fourth-order valence-corrected chi connectivity index (χ4v) is 4.82. The number of anilines is 1. The van der Waals surface area contributed by atoms with Crippen molar-refractivity contribution >= 4 is 21.6 Å². The lowest BCUT2D eigenvalue weighted by atomic mass is 10.1. The molecule has 0 spiro atoms. The molecule has 1 N–H and O–H groups in total. The number of rotatable bonds is 10. The molecule has 0 saturated carbocycles. The van der Waals surface area contributed by atoms with Gasteiger partial charge < -0.3 is 5.32 Å². The molecule has 1 unspecified atom stereocenters. The SMILES string of the molecule is C=CCN(c1ccc(C(=O)NC(C)CCc2ccccc2)cc1)S(=O)(=O)c1ccccc1. The predicted molar refractivity (Wildman–Crippen MR) is 129 cm³/mol. The number of hydrogen-bond acceptors (Lipinski definition) is 3. The first-order valence-electron chi connectivity index (χ1n) is 10.6. The second kappa shape index (κ2) is 10.8. The number of hydrogen-bond donors (Lipinski definition) is 1. The van der Waals surface area contributed by atoms with Crippen LogP contribution in [0.4, 0.5) is 5.69 Å². The fourth-order valence-electron chi connectivity index (χ4n) is 3.37. The van der Waals surface area contributed by atoms with E-state index in [1.54, 1.807) is 54.6 Å². The van der Waals surface area contributed by atoms with Gasteiger partial charge in [-0.15, -0.1) is 6.58 Å². The summed E-state index contributed by atoms with van der Waals surface area (Å²) in [4.78, 5) is 12.8. The lowest BCUT2D eigenvalue weighted by Gasteiger charge is -2.23. The van der Waals surface area contributed by atoms with Gasteiger partial charge >= 0.3 is 0 Å². The van der Waals surface area contributed by atoms with E-state index in [9.17, 15) is 13.2 Å². The maximum absolute atomic E-state index is 13.1. The largest absolute Gasteiger partial charge is 0.350 e. The van der Waals surface area contributed by atoms with E-state index in [4.69, 9.17) is 0 Å². The van der Waals surface area contributed by atoms with Crippen molar-refractivity contribution in [2.24, 2.45) is 0 Å². The molecular weight excluding hydrogens is 420 g/mol. The van der Waals surface area contributed by atoms with Crippen molar-refractivity contribution in [1.29, 1.82) is 0 Å². The van der Waals surface area contributed by atoms with Crippen LogP contribution in [0.25, 0.3) is 0 Å². The lowest BCUT2D eigenvalue weighted by molar-refractivity contribution is 0.0938. The topological polar surface area (TPSA) is 66.5 Å². The molecular formula is C26H28N2O3S. The van der Waals surface area contributed by atoms with Crippen molar-refractivity contribution in [3.8, 4) is 0 Å². The van der Waals surface area contributed by atoms with Crippen LogP contribution in [0.15, 0.2) is 102 Å². The highest BCUT2D eigenvalue weighted by atomic mass is 32.2. The van der Waals surface area contributed by atoms with Gasteiger partial charge in [0.1, 0.15) is 0 Å². The molecule has 0 radical (unpaired) electrons. The number of carbonyl (C=O) groups excluding carboxylic acids is 1. The Bertz CT molecular complexity index is 1130. The first-order chi connectivity index (χ1) is 15.4. The molecule has 3 aromatic rings. The Morgan fingerprint density at radius 2 is 1.56 bits per heavy atom. The van der Waals surface area contributed by atoms with Crippen molar-refractivity contribution in [2.45, 2.75) is 30.7 Å². The Morgan fingerprint density at radius 1 is 0.969 bits per heavy atom. The summed E-state index contributed by atoms with van der Waals surface area (Å²) < 4.78 is 27.4. The highest BCUT2D eigenvalue weighted by Gasteiger charge is 2.24. The Balaban J connectivity index is 1.68. The van der Waals surface area contributed by atoms with E-state index >= 15 is 0 Å². The van der Waals surface area contributed by atoms with Gasteiger partial charge in [0.25, 0.3) is 15.9 Å². The maximum Gasteiger partial charge on any atom is 0.264 e. The summed E-state index contributed by atoms with van der Waals surface area (Å²) in [5.41, 5.74) is 2.19. The molecule has 1 atom stereocenters. The van der Waals surface area contributed by atoms with Gasteiger partial charge in [0.05, 0.1) is 17.1 Å². The Morgan fingerprint density at radius 3 is 2.16 bits per heavy atom. The third kappa shape index (κ3) is 5.86. The summed E-state index contributed by atoms with van der Waals surface area (Å²) in [5.74, 6) is -0.182. The number of aryl methyl sites for hydroxylation is 1. The summed E-state index contributed by atoms with van der Waals surface area (Å²) in [7, 11) is -3.74. The molecule has 32 heavy (non-hydrogen) atoms. The van der Waals surface area contributed by atoms with Gasteiger partial charge in [-0.05, 0) is 61.7 Å². The van der Waals surface area contributed by atoms with Crippen molar-refractivity contribution in [3.63, 3.8) is 0 Å². The highest BCUT2D eigenvalue weighted by molar-refractivity contribution is 7.92. The standard InChI is InChI=1S/C26H28N2O3S/c1-3-20-28(32(30,31)25-12-8-5-9-13-25)24-18-16-23(17-19-24)26(29)27-21(2)14-15-22-10-6-4-7-11-22/h3-13,16-19,21H,1,14-15,20H2,2H3,(H,27,29). The van der Waals surface area contributed by atoms with Crippen molar-refractivity contribution in [1.82, 2.24) is 5.32 Å². The first kappa shape index (κ1) is 23.3. The van der Waals surface area contributed by atoms with Gasteiger partial charge in [0, 0.05) is 11.6 Å². The molecule has 0 aliphatic rings. The Hall–Kier alpha value is -3.38. The van der Waals surface area contributed by atoms with E-state index in [1.165, 1.54) is 15.9 Å². The third-order valence-electron chi connectivity index (χ3n) is 5.13. The summed E-state index contributed by atoms with van der Waals surface area (Å²) in [5, 5.41) is 3.01. The second-order valence-electron chi connectivity index (χ2n) is 7.58. The van der Waals surface area contributed by atoms with E-state index in [2.05, 4.69) is 24.0 Å². The van der Waals surface area contributed by atoms with Crippen LogP contribution < -0.4 is 9.62 Å². The van der Waals surface area contributed by atoms with Crippen LogP contribution in [0.3, 0.4) is 0 Å². The van der Waals surface area contributed by atoms with Gasteiger partial charge in [-0.3, -0.25) is 9.10 Å². The first-order valence-corrected chi connectivity index (χ1v) is 12.0. The molecule has 6 heteroatoms. The van der Waals surface area contributed by atoms with Crippen LogP contribution in [0, 0.1) is 0 Å². The minimum Gasteiger partial charge on any atom is -0.350 e. The number of nitrogens with zero attached hydrogens (tertiary/aromatic N) is 1. The minimum absolute atomic E-state index is 0.0121. The third-order valence-corrected chi connectivity index (χ3v) is 6.94. The van der Waals surface area contributed by atoms with Crippen LogP contribution in [0.1, 0.15) is 29.3 Å². The van der Waals surface area contributed by atoms with E-state index < -0.39 is 10.0 Å². The molecule has 0 aliphatic carbocycles. The molecule has 0 heterocycles. The van der Waals surface area contributed by atoms with Crippen LogP contribution in [-0.4, -0.2) is 26.9 Å². The maximum atomic E-state index is 13.1. The van der Waals surface area contributed by atoms with Gasteiger partial charge in [0.2, 0.25) is 0 Å². The number of amides is 1. The summed E-state index contributed by atoms with van der Waals surface area (Å²) in [6, 6.07) is 25.0. The summed E-state index contributed by atoms with van der Waals surface area (Å²) in [6.07, 6.45) is 3.25. The fraction of sp³-hybridized carbons (Fsp3) is 0.192. The smallest absolute Gasteiger partial charge is 0.264 e. The molecule has 5 nitrogen and oxygen atoms in total. The van der Waals surface area contributed by atoms with Gasteiger partial charge in [-0.1, -0.05) is 54.6 Å². The second-order valence-corrected chi connectivity index (χ2v) is 9.45.